The zero-order valence-electron chi connectivity index (χ0n) is 11.8. The van der Waals surface area contributed by atoms with Gasteiger partial charge in [-0.15, -0.1) is 0 Å². The van der Waals surface area contributed by atoms with Crippen molar-refractivity contribution in [3.8, 4) is 5.75 Å². The van der Waals surface area contributed by atoms with Gasteiger partial charge in [0, 0.05) is 38.1 Å². The van der Waals surface area contributed by atoms with Gasteiger partial charge in [-0.3, -0.25) is 9.48 Å². The smallest absolute Gasteiger partial charge is 0.259 e. The van der Waals surface area contributed by atoms with Crippen LogP contribution in [-0.4, -0.2) is 34.7 Å². The van der Waals surface area contributed by atoms with Crippen LogP contribution in [0.4, 0.5) is 5.69 Å². The van der Waals surface area contributed by atoms with Crippen molar-refractivity contribution in [2.75, 3.05) is 19.9 Å². The Labute approximate surface area is 117 Å². The molecule has 2 N–H and O–H groups in total. The van der Waals surface area contributed by atoms with E-state index in [1.165, 1.54) is 7.11 Å². The molecule has 1 amide bonds. The minimum absolute atomic E-state index is 0.177. The number of carbonyl (C=O) groups is 1. The normalized spacial score (nSPS) is 10.3. The van der Waals surface area contributed by atoms with Gasteiger partial charge in [-0.2, -0.15) is 5.10 Å². The fraction of sp³-hybridized carbons (Fsp3) is 0.286. The number of nitrogen functional groups attached to an aromatic ring is 1. The summed E-state index contributed by atoms with van der Waals surface area (Å²) >= 11 is 0. The van der Waals surface area contributed by atoms with E-state index in [9.17, 15) is 4.79 Å². The molecule has 0 aliphatic carbocycles. The Morgan fingerprint density at radius 2 is 2.25 bits per heavy atom. The van der Waals surface area contributed by atoms with Crippen molar-refractivity contribution in [1.29, 1.82) is 0 Å². The standard InChI is InChI=1S/C14H18N4O2/c1-17(8-10-7-16-18(2)9-10)14(19)13-11(15)5-4-6-12(13)20-3/h4-7,9H,8,15H2,1-3H3. The number of aryl methyl sites for hydroxylation is 1. The molecule has 6 nitrogen and oxygen atoms in total. The van der Waals surface area contributed by atoms with Gasteiger partial charge in [0.2, 0.25) is 0 Å². The molecule has 0 spiro atoms. The highest BCUT2D eigenvalue weighted by molar-refractivity contribution is 6.01. The quantitative estimate of drug-likeness (QED) is 0.852. The highest BCUT2D eigenvalue weighted by Gasteiger charge is 2.19. The zero-order valence-corrected chi connectivity index (χ0v) is 11.8. The van der Waals surface area contributed by atoms with Crippen LogP contribution in [0.2, 0.25) is 0 Å². The first kappa shape index (κ1) is 13.9. The van der Waals surface area contributed by atoms with E-state index >= 15 is 0 Å². The molecule has 1 heterocycles. The molecule has 106 valence electrons. The number of ether oxygens (including phenoxy) is 1. The molecule has 0 saturated heterocycles. The van der Waals surface area contributed by atoms with E-state index in [4.69, 9.17) is 10.5 Å². The Morgan fingerprint density at radius 3 is 2.85 bits per heavy atom. The summed E-state index contributed by atoms with van der Waals surface area (Å²) in [5, 5.41) is 4.08. The highest BCUT2D eigenvalue weighted by atomic mass is 16.5. The Bertz CT molecular complexity index is 621. The number of anilines is 1. The maximum absolute atomic E-state index is 12.5. The fourth-order valence-corrected chi connectivity index (χ4v) is 2.04. The second-order valence-electron chi connectivity index (χ2n) is 4.61. The lowest BCUT2D eigenvalue weighted by molar-refractivity contribution is 0.0783. The number of hydrogen-bond acceptors (Lipinski definition) is 4. The average molecular weight is 274 g/mol. The molecule has 6 heteroatoms. The summed E-state index contributed by atoms with van der Waals surface area (Å²) in [5.41, 5.74) is 7.64. The number of rotatable bonds is 4. The molecule has 20 heavy (non-hydrogen) atoms. The molecule has 0 bridgehead atoms. The molecule has 2 aromatic rings. The first-order valence-corrected chi connectivity index (χ1v) is 6.18. The van der Waals surface area contributed by atoms with E-state index < -0.39 is 0 Å². The van der Waals surface area contributed by atoms with Crippen molar-refractivity contribution in [1.82, 2.24) is 14.7 Å². The molecular formula is C14H18N4O2. The van der Waals surface area contributed by atoms with Crippen molar-refractivity contribution in [2.24, 2.45) is 7.05 Å². The van der Waals surface area contributed by atoms with Gasteiger partial charge in [0.15, 0.2) is 0 Å². The molecule has 0 aliphatic rings. The summed E-state index contributed by atoms with van der Waals surface area (Å²) in [4.78, 5) is 14.1. The van der Waals surface area contributed by atoms with E-state index in [1.54, 1.807) is 41.0 Å². The predicted molar refractivity (Wildman–Crippen MR) is 76.4 cm³/mol. The third-order valence-corrected chi connectivity index (χ3v) is 3.02. The van der Waals surface area contributed by atoms with Gasteiger partial charge in [-0.25, -0.2) is 0 Å². The summed E-state index contributed by atoms with van der Waals surface area (Å²) in [6.07, 6.45) is 3.60. The predicted octanol–water partition coefficient (Wildman–Crippen LogP) is 1.28. The fourth-order valence-electron chi connectivity index (χ4n) is 2.04. The summed E-state index contributed by atoms with van der Waals surface area (Å²) in [6, 6.07) is 5.17. The van der Waals surface area contributed by atoms with E-state index in [2.05, 4.69) is 5.10 Å². The van der Waals surface area contributed by atoms with E-state index in [0.29, 0.717) is 23.5 Å². The second kappa shape index (κ2) is 5.64. The molecule has 0 radical (unpaired) electrons. The van der Waals surface area contributed by atoms with Gasteiger partial charge in [0.1, 0.15) is 11.3 Å². The number of aromatic nitrogens is 2. The van der Waals surface area contributed by atoms with Crippen molar-refractivity contribution in [3.63, 3.8) is 0 Å². The molecular weight excluding hydrogens is 256 g/mol. The van der Waals surface area contributed by atoms with E-state index in [1.807, 2.05) is 13.2 Å². The first-order valence-electron chi connectivity index (χ1n) is 6.18. The lowest BCUT2D eigenvalue weighted by atomic mass is 10.1. The van der Waals surface area contributed by atoms with Gasteiger partial charge in [-0.1, -0.05) is 6.07 Å². The van der Waals surface area contributed by atoms with Crippen LogP contribution in [0.3, 0.4) is 0 Å². The highest BCUT2D eigenvalue weighted by Crippen LogP contribution is 2.25. The van der Waals surface area contributed by atoms with Crippen molar-refractivity contribution >= 4 is 11.6 Å². The Hall–Kier alpha value is -2.50. The van der Waals surface area contributed by atoms with Gasteiger partial charge < -0.3 is 15.4 Å². The lowest BCUT2D eigenvalue weighted by Gasteiger charge is -2.19. The number of methoxy groups -OCH3 is 1. The van der Waals surface area contributed by atoms with Crippen molar-refractivity contribution < 1.29 is 9.53 Å². The molecule has 0 unspecified atom stereocenters. The average Bonchev–Trinajstić information content (AvgIpc) is 2.82. The summed E-state index contributed by atoms with van der Waals surface area (Å²) in [6.45, 7) is 0.462. The molecule has 0 fully saturated rings. The Morgan fingerprint density at radius 1 is 1.50 bits per heavy atom. The second-order valence-corrected chi connectivity index (χ2v) is 4.61. The van der Waals surface area contributed by atoms with Crippen LogP contribution in [0.5, 0.6) is 5.75 Å². The number of amides is 1. The Balaban J connectivity index is 2.22. The van der Waals surface area contributed by atoms with Crippen molar-refractivity contribution in [2.45, 2.75) is 6.54 Å². The molecule has 0 atom stereocenters. The van der Waals surface area contributed by atoms with E-state index in [-0.39, 0.29) is 5.91 Å². The van der Waals surface area contributed by atoms with Crippen LogP contribution in [0.15, 0.2) is 30.6 Å². The third kappa shape index (κ3) is 2.74. The van der Waals surface area contributed by atoms with Crippen LogP contribution >= 0.6 is 0 Å². The number of carbonyl (C=O) groups excluding carboxylic acids is 1. The topological polar surface area (TPSA) is 73.4 Å². The van der Waals surface area contributed by atoms with Crippen LogP contribution in [0.1, 0.15) is 15.9 Å². The van der Waals surface area contributed by atoms with Crippen molar-refractivity contribution in [3.05, 3.63) is 41.7 Å². The third-order valence-electron chi connectivity index (χ3n) is 3.02. The van der Waals surface area contributed by atoms with Gasteiger partial charge in [0.05, 0.1) is 13.3 Å². The van der Waals surface area contributed by atoms with E-state index in [0.717, 1.165) is 5.56 Å². The van der Waals surface area contributed by atoms with Crippen LogP contribution in [0.25, 0.3) is 0 Å². The Kier molecular flexibility index (Phi) is 3.93. The maximum Gasteiger partial charge on any atom is 0.259 e. The first-order chi connectivity index (χ1) is 9.52. The maximum atomic E-state index is 12.5. The van der Waals surface area contributed by atoms with Gasteiger partial charge in [0.25, 0.3) is 5.91 Å². The zero-order chi connectivity index (χ0) is 14.7. The summed E-state index contributed by atoms with van der Waals surface area (Å²) in [7, 11) is 5.08. The molecule has 1 aromatic heterocycles. The monoisotopic (exact) mass is 274 g/mol. The number of nitrogens with two attached hydrogens (primary N) is 1. The minimum Gasteiger partial charge on any atom is -0.496 e. The summed E-state index contributed by atoms with van der Waals surface area (Å²) < 4.78 is 6.91. The number of nitrogens with zero attached hydrogens (tertiary/aromatic N) is 3. The minimum atomic E-state index is -0.177. The number of benzene rings is 1. The van der Waals surface area contributed by atoms with Gasteiger partial charge in [-0.05, 0) is 12.1 Å². The van der Waals surface area contributed by atoms with Crippen LogP contribution < -0.4 is 10.5 Å². The number of hydrogen-bond donors (Lipinski definition) is 1. The molecule has 1 aromatic carbocycles. The largest absolute Gasteiger partial charge is 0.496 e. The van der Waals surface area contributed by atoms with Gasteiger partial charge >= 0.3 is 0 Å². The molecule has 2 rings (SSSR count). The molecule has 0 aliphatic heterocycles. The molecule has 0 saturated carbocycles. The SMILES string of the molecule is COc1cccc(N)c1C(=O)N(C)Cc1cnn(C)c1. The summed E-state index contributed by atoms with van der Waals surface area (Å²) in [5.74, 6) is 0.303. The lowest BCUT2D eigenvalue weighted by Crippen LogP contribution is -2.27. The van der Waals surface area contributed by atoms with Crippen LogP contribution in [0, 0.1) is 0 Å². The van der Waals surface area contributed by atoms with Crippen LogP contribution in [-0.2, 0) is 13.6 Å².